The van der Waals surface area contributed by atoms with Crippen molar-refractivity contribution in [1.29, 1.82) is 0 Å². The lowest BCUT2D eigenvalue weighted by molar-refractivity contribution is -0.138. The van der Waals surface area contributed by atoms with Gasteiger partial charge in [-0.05, 0) is 37.6 Å². The van der Waals surface area contributed by atoms with E-state index >= 15 is 0 Å². The number of halogens is 3. The molecule has 0 aliphatic heterocycles. The van der Waals surface area contributed by atoms with Crippen LogP contribution in [0.4, 0.5) is 13.2 Å². The molecule has 0 unspecified atom stereocenters. The highest BCUT2D eigenvalue weighted by molar-refractivity contribution is 5.77. The standard InChI is InChI=1S/C20H20F3N3O/c1-13(2)26(11-14-7-3-5-9-16(14)20(21,22)23)12-18-24-17-10-6-4-8-15(17)19(27)25-18/h3-10,13H,11-12H2,1-2H3,(H,24,25,27). The topological polar surface area (TPSA) is 49.0 Å². The van der Waals surface area contributed by atoms with Gasteiger partial charge in [-0.15, -0.1) is 0 Å². The van der Waals surface area contributed by atoms with Crippen LogP contribution in [0, 0.1) is 0 Å². The highest BCUT2D eigenvalue weighted by Crippen LogP contribution is 2.32. The second kappa shape index (κ2) is 7.52. The molecule has 0 saturated carbocycles. The second-order valence-electron chi connectivity index (χ2n) is 6.68. The third-order valence-corrected chi connectivity index (χ3v) is 4.44. The first-order chi connectivity index (χ1) is 12.8. The molecule has 27 heavy (non-hydrogen) atoms. The van der Waals surface area contributed by atoms with Gasteiger partial charge in [0.25, 0.3) is 5.56 Å². The zero-order valence-corrected chi connectivity index (χ0v) is 15.0. The molecule has 0 radical (unpaired) electrons. The minimum absolute atomic E-state index is 0.0388. The van der Waals surface area contributed by atoms with Gasteiger partial charge < -0.3 is 4.98 Å². The summed E-state index contributed by atoms with van der Waals surface area (Å²) in [4.78, 5) is 21.3. The number of hydrogen-bond donors (Lipinski definition) is 1. The number of nitrogens with one attached hydrogen (secondary N) is 1. The van der Waals surface area contributed by atoms with Crippen LogP contribution in [-0.2, 0) is 19.3 Å². The van der Waals surface area contributed by atoms with Crippen LogP contribution >= 0.6 is 0 Å². The maximum atomic E-state index is 13.3. The Morgan fingerprint density at radius 1 is 1.04 bits per heavy atom. The van der Waals surface area contributed by atoms with Crippen LogP contribution in [-0.4, -0.2) is 20.9 Å². The SMILES string of the molecule is CC(C)N(Cc1nc2ccccc2c(=O)[nH]1)Cc1ccccc1C(F)(F)F. The van der Waals surface area contributed by atoms with Gasteiger partial charge in [0.1, 0.15) is 5.82 Å². The van der Waals surface area contributed by atoms with E-state index in [-0.39, 0.29) is 30.3 Å². The van der Waals surface area contributed by atoms with E-state index in [1.165, 1.54) is 12.1 Å². The Bertz CT molecular complexity index is 995. The Labute approximate surface area is 154 Å². The van der Waals surface area contributed by atoms with E-state index in [1.54, 1.807) is 30.3 Å². The number of benzene rings is 2. The number of hydrogen-bond acceptors (Lipinski definition) is 3. The minimum atomic E-state index is -4.41. The van der Waals surface area contributed by atoms with Crippen molar-refractivity contribution in [1.82, 2.24) is 14.9 Å². The van der Waals surface area contributed by atoms with E-state index in [0.717, 1.165) is 6.07 Å². The summed E-state index contributed by atoms with van der Waals surface area (Å²) >= 11 is 0. The van der Waals surface area contributed by atoms with Gasteiger partial charge in [-0.3, -0.25) is 9.69 Å². The van der Waals surface area contributed by atoms with Gasteiger partial charge >= 0.3 is 6.18 Å². The van der Waals surface area contributed by atoms with Crippen LogP contribution in [0.2, 0.25) is 0 Å². The monoisotopic (exact) mass is 375 g/mol. The molecule has 1 aromatic heterocycles. The molecule has 142 valence electrons. The van der Waals surface area contributed by atoms with Crippen molar-refractivity contribution in [2.24, 2.45) is 0 Å². The highest BCUT2D eigenvalue weighted by Gasteiger charge is 2.33. The molecule has 0 fully saturated rings. The number of H-pyrrole nitrogens is 1. The summed E-state index contributed by atoms with van der Waals surface area (Å²) in [6.45, 7) is 4.14. The fourth-order valence-corrected chi connectivity index (χ4v) is 2.98. The lowest BCUT2D eigenvalue weighted by Gasteiger charge is -2.27. The van der Waals surface area contributed by atoms with Crippen molar-refractivity contribution >= 4 is 10.9 Å². The molecule has 1 N–H and O–H groups in total. The first-order valence-electron chi connectivity index (χ1n) is 8.63. The number of aromatic amines is 1. The van der Waals surface area contributed by atoms with E-state index in [4.69, 9.17) is 0 Å². The van der Waals surface area contributed by atoms with Gasteiger partial charge in [0.2, 0.25) is 0 Å². The predicted molar refractivity (Wildman–Crippen MR) is 98.2 cm³/mol. The number of rotatable bonds is 5. The largest absolute Gasteiger partial charge is 0.416 e. The average molecular weight is 375 g/mol. The molecule has 1 heterocycles. The molecule has 0 atom stereocenters. The van der Waals surface area contributed by atoms with Gasteiger partial charge in [0.05, 0.1) is 23.0 Å². The molecule has 2 aromatic carbocycles. The van der Waals surface area contributed by atoms with E-state index in [0.29, 0.717) is 16.7 Å². The molecule has 3 aromatic rings. The summed E-state index contributed by atoms with van der Waals surface area (Å²) in [5.74, 6) is 0.428. The molecule has 0 spiro atoms. The number of nitrogens with zero attached hydrogens (tertiary/aromatic N) is 2. The Morgan fingerprint density at radius 3 is 2.41 bits per heavy atom. The van der Waals surface area contributed by atoms with Crippen molar-refractivity contribution in [3.63, 3.8) is 0 Å². The van der Waals surface area contributed by atoms with Crippen LogP contribution in [0.25, 0.3) is 10.9 Å². The smallest absolute Gasteiger partial charge is 0.309 e. The summed E-state index contributed by atoms with van der Waals surface area (Å²) in [5.41, 5.74) is -0.136. The maximum Gasteiger partial charge on any atom is 0.416 e. The zero-order valence-electron chi connectivity index (χ0n) is 15.0. The number of alkyl halides is 3. The number of aromatic nitrogens is 2. The maximum absolute atomic E-state index is 13.3. The first-order valence-corrected chi connectivity index (χ1v) is 8.63. The summed E-state index contributed by atoms with van der Waals surface area (Å²) in [6, 6.07) is 12.5. The fraction of sp³-hybridized carbons (Fsp3) is 0.300. The van der Waals surface area contributed by atoms with Crippen LogP contribution in [0.3, 0.4) is 0 Å². The molecule has 0 aliphatic rings. The van der Waals surface area contributed by atoms with E-state index in [2.05, 4.69) is 9.97 Å². The molecule has 0 aliphatic carbocycles. The van der Waals surface area contributed by atoms with Crippen molar-refractivity contribution in [3.05, 3.63) is 75.8 Å². The third-order valence-electron chi connectivity index (χ3n) is 4.44. The van der Waals surface area contributed by atoms with Gasteiger partial charge in [0.15, 0.2) is 0 Å². The number of fused-ring (bicyclic) bond motifs is 1. The minimum Gasteiger partial charge on any atom is -0.309 e. The van der Waals surface area contributed by atoms with Gasteiger partial charge in [-0.2, -0.15) is 13.2 Å². The highest BCUT2D eigenvalue weighted by atomic mass is 19.4. The van der Waals surface area contributed by atoms with Crippen molar-refractivity contribution < 1.29 is 13.2 Å². The Kier molecular flexibility index (Phi) is 5.32. The molecule has 3 rings (SSSR count). The molecule has 0 bridgehead atoms. The quantitative estimate of drug-likeness (QED) is 0.721. The molecule has 0 amide bonds. The van der Waals surface area contributed by atoms with E-state index in [1.807, 2.05) is 18.7 Å². The molecule has 7 heteroatoms. The average Bonchev–Trinajstić information content (AvgIpc) is 2.61. The molecular weight excluding hydrogens is 355 g/mol. The fourth-order valence-electron chi connectivity index (χ4n) is 2.98. The Hall–Kier alpha value is -2.67. The lowest BCUT2D eigenvalue weighted by Crippen LogP contribution is -2.32. The van der Waals surface area contributed by atoms with Gasteiger partial charge in [-0.25, -0.2) is 4.98 Å². The zero-order chi connectivity index (χ0) is 19.6. The van der Waals surface area contributed by atoms with E-state index in [9.17, 15) is 18.0 Å². The Morgan fingerprint density at radius 2 is 1.70 bits per heavy atom. The summed E-state index contributed by atoms with van der Waals surface area (Å²) in [7, 11) is 0. The third kappa shape index (κ3) is 4.36. The van der Waals surface area contributed by atoms with Crippen LogP contribution in [0.5, 0.6) is 0 Å². The van der Waals surface area contributed by atoms with Crippen LogP contribution in [0.1, 0.15) is 30.8 Å². The molecular formula is C20H20F3N3O. The summed E-state index contributed by atoms with van der Waals surface area (Å²) in [6.07, 6.45) is -4.41. The normalized spacial score (nSPS) is 12.3. The summed E-state index contributed by atoms with van der Waals surface area (Å²) in [5, 5.41) is 0.486. The van der Waals surface area contributed by atoms with Gasteiger partial charge in [-0.1, -0.05) is 30.3 Å². The molecule has 4 nitrogen and oxygen atoms in total. The van der Waals surface area contributed by atoms with Gasteiger partial charge in [0, 0.05) is 12.6 Å². The predicted octanol–water partition coefficient (Wildman–Crippen LogP) is 4.35. The second-order valence-corrected chi connectivity index (χ2v) is 6.68. The number of para-hydroxylation sites is 1. The lowest BCUT2D eigenvalue weighted by atomic mass is 10.1. The first kappa shape index (κ1) is 19.1. The van der Waals surface area contributed by atoms with Crippen molar-refractivity contribution in [3.8, 4) is 0 Å². The van der Waals surface area contributed by atoms with Crippen LogP contribution in [0.15, 0.2) is 53.3 Å². The molecule has 0 saturated heterocycles. The Balaban J connectivity index is 1.91. The van der Waals surface area contributed by atoms with Crippen LogP contribution < -0.4 is 5.56 Å². The van der Waals surface area contributed by atoms with Crippen molar-refractivity contribution in [2.75, 3.05) is 0 Å². The van der Waals surface area contributed by atoms with E-state index < -0.39 is 11.7 Å². The summed E-state index contributed by atoms with van der Waals surface area (Å²) < 4.78 is 39.8. The van der Waals surface area contributed by atoms with Crippen molar-refractivity contribution in [2.45, 2.75) is 39.2 Å².